The molecule has 1 nitrogen and oxygen atoms in total. The van der Waals surface area contributed by atoms with Crippen molar-refractivity contribution in [2.24, 2.45) is 0 Å². The van der Waals surface area contributed by atoms with Gasteiger partial charge in [0.15, 0.2) is 0 Å². The zero-order chi connectivity index (χ0) is 10.4. The lowest BCUT2D eigenvalue weighted by molar-refractivity contribution is 0.869. The Morgan fingerprint density at radius 2 is 1.69 bits per heavy atom. The van der Waals surface area contributed by atoms with E-state index in [2.05, 4.69) is 32.9 Å². The van der Waals surface area contributed by atoms with E-state index in [4.69, 9.17) is 5.73 Å². The van der Waals surface area contributed by atoms with Gasteiger partial charge in [0.25, 0.3) is 0 Å². The quantitative estimate of drug-likeness (QED) is 0.653. The number of nitrogens with two attached hydrogens (primary N) is 1. The van der Waals surface area contributed by atoms with Gasteiger partial charge in [-0.1, -0.05) is 39.8 Å². The molecule has 0 amide bonds. The molecule has 0 radical (unpaired) electrons. The molecule has 1 aromatic rings. The highest BCUT2D eigenvalue weighted by Gasteiger charge is 2.02. The second-order valence-electron chi connectivity index (χ2n) is 3.29. The molecular formula is C12H21N. The summed E-state index contributed by atoms with van der Waals surface area (Å²) in [6.45, 7) is 10.4. The van der Waals surface area contributed by atoms with Crippen LogP contribution in [-0.4, -0.2) is 0 Å². The average molecular weight is 179 g/mol. The van der Waals surface area contributed by atoms with Crippen molar-refractivity contribution in [3.05, 3.63) is 29.3 Å². The van der Waals surface area contributed by atoms with Crippen LogP contribution in [0.4, 0.5) is 5.69 Å². The van der Waals surface area contributed by atoms with Crippen molar-refractivity contribution in [2.45, 2.75) is 40.5 Å². The molecule has 0 bridgehead atoms. The van der Waals surface area contributed by atoms with Crippen LogP contribution in [0.1, 0.15) is 44.7 Å². The normalized spacial score (nSPS) is 9.38. The number of nitrogen functional groups attached to an aromatic ring is 1. The Balaban J connectivity index is 0.000000671. The first kappa shape index (κ1) is 12.0. The molecule has 1 heteroatoms. The summed E-state index contributed by atoms with van der Waals surface area (Å²) >= 11 is 0. The van der Waals surface area contributed by atoms with E-state index in [0.29, 0.717) is 5.92 Å². The smallest absolute Gasteiger partial charge is 0.0351 e. The van der Waals surface area contributed by atoms with E-state index in [9.17, 15) is 0 Å². The highest BCUT2D eigenvalue weighted by Crippen LogP contribution is 2.21. The average Bonchev–Trinajstić information content (AvgIpc) is 2.07. The SMILES string of the molecule is CC.Cc1ccc(C(C)C)c(N)c1. The van der Waals surface area contributed by atoms with Crippen LogP contribution in [0.5, 0.6) is 0 Å². The maximum Gasteiger partial charge on any atom is 0.0351 e. The fraction of sp³-hybridized carbons (Fsp3) is 0.500. The number of anilines is 1. The molecule has 2 N–H and O–H groups in total. The van der Waals surface area contributed by atoms with Gasteiger partial charge in [-0.05, 0) is 30.0 Å². The maximum atomic E-state index is 5.82. The van der Waals surface area contributed by atoms with Gasteiger partial charge in [0.1, 0.15) is 0 Å². The summed E-state index contributed by atoms with van der Waals surface area (Å²) in [7, 11) is 0. The predicted molar refractivity (Wildman–Crippen MR) is 61.0 cm³/mol. The summed E-state index contributed by atoms with van der Waals surface area (Å²) in [6.07, 6.45) is 0. The molecule has 0 saturated carbocycles. The minimum atomic E-state index is 0.524. The lowest BCUT2D eigenvalue weighted by Gasteiger charge is -2.08. The zero-order valence-electron chi connectivity index (χ0n) is 9.39. The summed E-state index contributed by atoms with van der Waals surface area (Å²) in [5, 5.41) is 0. The number of rotatable bonds is 1. The molecule has 0 unspecified atom stereocenters. The third-order valence-corrected chi connectivity index (χ3v) is 1.86. The van der Waals surface area contributed by atoms with Gasteiger partial charge in [-0.2, -0.15) is 0 Å². The van der Waals surface area contributed by atoms with Crippen molar-refractivity contribution < 1.29 is 0 Å². The van der Waals surface area contributed by atoms with Crippen LogP contribution in [0, 0.1) is 6.92 Å². The first-order valence-electron chi connectivity index (χ1n) is 4.97. The summed E-state index contributed by atoms with van der Waals surface area (Å²) in [5.74, 6) is 0.524. The Morgan fingerprint density at radius 1 is 1.15 bits per heavy atom. The zero-order valence-corrected chi connectivity index (χ0v) is 9.39. The number of aryl methyl sites for hydroxylation is 1. The predicted octanol–water partition coefficient (Wildman–Crippen LogP) is 3.73. The molecule has 0 aliphatic heterocycles. The maximum absolute atomic E-state index is 5.82. The molecule has 1 aromatic carbocycles. The standard InChI is InChI=1S/C10H15N.C2H6/c1-7(2)9-5-4-8(3)6-10(9)11;1-2/h4-7H,11H2,1-3H3;1-2H3. The minimum absolute atomic E-state index is 0.524. The van der Waals surface area contributed by atoms with Crippen LogP contribution in [0.25, 0.3) is 0 Å². The van der Waals surface area contributed by atoms with Gasteiger partial charge >= 0.3 is 0 Å². The van der Waals surface area contributed by atoms with Crippen molar-refractivity contribution in [3.8, 4) is 0 Å². The van der Waals surface area contributed by atoms with Crippen LogP contribution in [-0.2, 0) is 0 Å². The van der Waals surface area contributed by atoms with Crippen LogP contribution >= 0.6 is 0 Å². The molecule has 0 aliphatic carbocycles. The number of benzene rings is 1. The second-order valence-corrected chi connectivity index (χ2v) is 3.29. The summed E-state index contributed by atoms with van der Waals surface area (Å²) in [5.41, 5.74) is 9.21. The lowest BCUT2D eigenvalue weighted by atomic mass is 10.00. The molecule has 13 heavy (non-hydrogen) atoms. The van der Waals surface area contributed by atoms with E-state index in [1.165, 1.54) is 11.1 Å². The van der Waals surface area contributed by atoms with E-state index in [-0.39, 0.29) is 0 Å². The highest BCUT2D eigenvalue weighted by molar-refractivity contribution is 5.50. The van der Waals surface area contributed by atoms with Gasteiger partial charge in [-0.15, -0.1) is 0 Å². The summed E-state index contributed by atoms with van der Waals surface area (Å²) in [6, 6.07) is 6.23. The molecule has 1 rings (SSSR count). The molecule has 0 aromatic heterocycles. The van der Waals surface area contributed by atoms with Crippen molar-refractivity contribution in [1.82, 2.24) is 0 Å². The van der Waals surface area contributed by atoms with Crippen LogP contribution < -0.4 is 5.73 Å². The highest BCUT2D eigenvalue weighted by atomic mass is 14.6. The summed E-state index contributed by atoms with van der Waals surface area (Å²) < 4.78 is 0. The van der Waals surface area contributed by atoms with Crippen LogP contribution in [0.3, 0.4) is 0 Å². The fourth-order valence-corrected chi connectivity index (χ4v) is 1.22. The van der Waals surface area contributed by atoms with Crippen molar-refractivity contribution >= 4 is 5.69 Å². The minimum Gasteiger partial charge on any atom is -0.398 e. The first-order valence-corrected chi connectivity index (χ1v) is 4.97. The molecule has 74 valence electrons. The summed E-state index contributed by atoms with van der Waals surface area (Å²) in [4.78, 5) is 0. The Kier molecular flexibility index (Phi) is 5.20. The van der Waals surface area contributed by atoms with Crippen molar-refractivity contribution in [1.29, 1.82) is 0 Å². The van der Waals surface area contributed by atoms with Gasteiger partial charge < -0.3 is 5.73 Å². The Labute approximate surface area is 82.0 Å². The van der Waals surface area contributed by atoms with E-state index >= 15 is 0 Å². The van der Waals surface area contributed by atoms with Crippen molar-refractivity contribution in [3.63, 3.8) is 0 Å². The van der Waals surface area contributed by atoms with E-state index in [1.54, 1.807) is 0 Å². The molecule has 0 heterocycles. The monoisotopic (exact) mass is 179 g/mol. The van der Waals surface area contributed by atoms with Crippen LogP contribution in [0.15, 0.2) is 18.2 Å². The molecule has 0 atom stereocenters. The number of hydrogen-bond donors (Lipinski definition) is 1. The molecule has 0 spiro atoms. The van der Waals surface area contributed by atoms with Gasteiger partial charge in [-0.3, -0.25) is 0 Å². The topological polar surface area (TPSA) is 26.0 Å². The Bertz CT molecular complexity index is 251. The Hall–Kier alpha value is -0.980. The van der Waals surface area contributed by atoms with Gasteiger partial charge in [-0.25, -0.2) is 0 Å². The van der Waals surface area contributed by atoms with E-state index < -0.39 is 0 Å². The van der Waals surface area contributed by atoms with Crippen LogP contribution in [0.2, 0.25) is 0 Å². The lowest BCUT2D eigenvalue weighted by Crippen LogP contribution is -1.96. The number of hydrogen-bond acceptors (Lipinski definition) is 1. The van der Waals surface area contributed by atoms with Gasteiger partial charge in [0, 0.05) is 5.69 Å². The third-order valence-electron chi connectivity index (χ3n) is 1.86. The fourth-order valence-electron chi connectivity index (χ4n) is 1.22. The molecule has 0 fully saturated rings. The van der Waals surface area contributed by atoms with E-state index in [0.717, 1.165) is 5.69 Å². The largest absolute Gasteiger partial charge is 0.398 e. The Morgan fingerprint density at radius 3 is 2.08 bits per heavy atom. The van der Waals surface area contributed by atoms with E-state index in [1.807, 2.05) is 19.9 Å². The third kappa shape index (κ3) is 3.49. The first-order chi connectivity index (χ1) is 6.11. The molecular weight excluding hydrogens is 158 g/mol. The second kappa shape index (κ2) is 5.63. The van der Waals surface area contributed by atoms with Crippen molar-refractivity contribution in [2.75, 3.05) is 5.73 Å². The molecule has 0 saturated heterocycles. The van der Waals surface area contributed by atoms with Gasteiger partial charge in [0.2, 0.25) is 0 Å². The molecule has 0 aliphatic rings. The van der Waals surface area contributed by atoms with Gasteiger partial charge in [0.05, 0.1) is 0 Å².